The molecule has 0 saturated heterocycles. The van der Waals surface area contributed by atoms with Crippen LogP contribution in [0.15, 0.2) is 72.9 Å². The van der Waals surface area contributed by atoms with Crippen LogP contribution in [0.25, 0.3) is 16.8 Å². The third-order valence-electron chi connectivity index (χ3n) is 5.18. The Morgan fingerprint density at radius 2 is 1.79 bits per heavy atom. The molecule has 3 N–H and O–H groups in total. The van der Waals surface area contributed by atoms with Crippen LogP contribution in [0.4, 0.5) is 0 Å². The zero-order chi connectivity index (χ0) is 23.4. The maximum Gasteiger partial charge on any atom is 0.240 e. The summed E-state index contributed by atoms with van der Waals surface area (Å²) in [6.45, 7) is 3.88. The molecule has 4 rings (SSSR count). The Hall–Kier alpha value is -3.26. The van der Waals surface area contributed by atoms with Crippen molar-refractivity contribution < 1.29 is 9.53 Å². The maximum atomic E-state index is 12.7. The Morgan fingerprint density at radius 1 is 1.12 bits per heavy atom. The molecule has 0 aliphatic heterocycles. The van der Waals surface area contributed by atoms with Gasteiger partial charge >= 0.3 is 0 Å². The lowest BCUT2D eigenvalue weighted by Gasteiger charge is -2.23. The lowest BCUT2D eigenvalue weighted by Crippen LogP contribution is -2.50. The number of rotatable bonds is 8. The van der Waals surface area contributed by atoms with E-state index in [9.17, 15) is 4.79 Å². The lowest BCUT2D eigenvalue weighted by molar-refractivity contribution is -0.126. The molecule has 1 atom stereocenters. The second-order valence-corrected chi connectivity index (χ2v) is 8.87. The van der Waals surface area contributed by atoms with Crippen LogP contribution in [0.3, 0.4) is 0 Å². The van der Waals surface area contributed by atoms with E-state index >= 15 is 0 Å². The first-order chi connectivity index (χ1) is 15.8. The molecular weight excluding hydrogens is 438 g/mol. The largest absolute Gasteiger partial charge is 0.374 e. The van der Waals surface area contributed by atoms with Gasteiger partial charge in [0.25, 0.3) is 0 Å². The minimum Gasteiger partial charge on any atom is -0.374 e. The van der Waals surface area contributed by atoms with Crippen LogP contribution in [0.5, 0.6) is 0 Å². The molecule has 0 spiro atoms. The van der Waals surface area contributed by atoms with E-state index < -0.39 is 11.6 Å². The standard InChI is InChI=1S/C25H26ClN5O2/c1-25(2,27)24(32)28-21(16-33-15-17-9-5-3-6-10-17)23-30-29-22-20(13-19(26)14-31(22)23)18-11-7-4-8-12-18/h3-14,21H,15-16,27H2,1-2H3,(H,28,32)/t21-/m1/s1. The van der Waals surface area contributed by atoms with Crippen LogP contribution in [0, 0.1) is 0 Å². The SMILES string of the molecule is CC(C)(N)C(=O)N[C@H](COCc1ccccc1)c1nnc2c(-c3ccccc3)cc(Cl)cn12. The molecule has 0 bridgehead atoms. The van der Waals surface area contributed by atoms with E-state index in [1.165, 1.54) is 0 Å². The highest BCUT2D eigenvalue weighted by Gasteiger charge is 2.28. The van der Waals surface area contributed by atoms with E-state index in [0.29, 0.717) is 23.1 Å². The molecule has 0 radical (unpaired) electrons. The smallest absolute Gasteiger partial charge is 0.240 e. The van der Waals surface area contributed by atoms with Gasteiger partial charge in [0.05, 0.1) is 23.8 Å². The normalized spacial score (nSPS) is 12.6. The van der Waals surface area contributed by atoms with E-state index in [2.05, 4.69) is 15.5 Å². The number of pyridine rings is 1. The zero-order valence-corrected chi connectivity index (χ0v) is 19.3. The number of nitrogens with two attached hydrogens (primary N) is 1. The summed E-state index contributed by atoms with van der Waals surface area (Å²) >= 11 is 6.46. The van der Waals surface area contributed by atoms with Crippen molar-refractivity contribution in [1.82, 2.24) is 19.9 Å². The highest BCUT2D eigenvalue weighted by atomic mass is 35.5. The van der Waals surface area contributed by atoms with E-state index in [4.69, 9.17) is 22.1 Å². The zero-order valence-electron chi connectivity index (χ0n) is 18.5. The summed E-state index contributed by atoms with van der Waals surface area (Å²) in [7, 11) is 0. The van der Waals surface area contributed by atoms with Gasteiger partial charge in [0, 0.05) is 11.8 Å². The minimum atomic E-state index is -1.06. The van der Waals surface area contributed by atoms with Crippen LogP contribution in [0.2, 0.25) is 5.02 Å². The van der Waals surface area contributed by atoms with Crippen LogP contribution in [-0.4, -0.2) is 32.7 Å². The first-order valence-corrected chi connectivity index (χ1v) is 11.0. The van der Waals surface area contributed by atoms with Gasteiger partial charge in [-0.1, -0.05) is 72.3 Å². The lowest BCUT2D eigenvalue weighted by atomic mass is 10.1. The monoisotopic (exact) mass is 463 g/mol. The molecule has 8 heteroatoms. The van der Waals surface area contributed by atoms with Gasteiger partial charge in [-0.25, -0.2) is 0 Å². The Balaban J connectivity index is 1.69. The quantitative estimate of drug-likeness (QED) is 0.409. The third-order valence-corrected chi connectivity index (χ3v) is 5.39. The molecule has 0 saturated carbocycles. The number of hydrogen-bond donors (Lipinski definition) is 2. The summed E-state index contributed by atoms with van der Waals surface area (Å²) in [6.07, 6.45) is 1.74. The number of carbonyl (C=O) groups is 1. The highest BCUT2D eigenvalue weighted by molar-refractivity contribution is 6.30. The molecule has 7 nitrogen and oxygen atoms in total. The number of benzene rings is 2. The third kappa shape index (κ3) is 5.39. The number of carbonyl (C=O) groups excluding carboxylic acids is 1. The number of aromatic nitrogens is 3. The van der Waals surface area contributed by atoms with Crippen LogP contribution < -0.4 is 11.1 Å². The number of amides is 1. The summed E-state index contributed by atoms with van der Waals surface area (Å²) in [5.41, 5.74) is 8.43. The van der Waals surface area contributed by atoms with E-state index in [1.807, 2.05) is 66.7 Å². The Bertz CT molecular complexity index is 1240. The first-order valence-electron chi connectivity index (χ1n) is 10.6. The second-order valence-electron chi connectivity index (χ2n) is 8.44. The Kier molecular flexibility index (Phi) is 6.74. The molecule has 2 aromatic carbocycles. The molecule has 0 aliphatic rings. The predicted octanol–water partition coefficient (Wildman–Crippen LogP) is 4.16. The van der Waals surface area contributed by atoms with Gasteiger partial charge in [-0.05, 0) is 31.0 Å². The number of fused-ring (bicyclic) bond motifs is 1. The number of nitrogens with one attached hydrogen (secondary N) is 1. The fourth-order valence-electron chi connectivity index (χ4n) is 3.44. The maximum absolute atomic E-state index is 12.7. The molecule has 1 amide bonds. The van der Waals surface area contributed by atoms with Crippen molar-refractivity contribution in [1.29, 1.82) is 0 Å². The molecule has 2 aromatic heterocycles. The van der Waals surface area contributed by atoms with Gasteiger partial charge in [0.1, 0.15) is 6.04 Å². The number of halogens is 1. The van der Waals surface area contributed by atoms with E-state index in [-0.39, 0.29) is 12.5 Å². The summed E-state index contributed by atoms with van der Waals surface area (Å²) < 4.78 is 7.74. The van der Waals surface area contributed by atoms with Gasteiger partial charge in [0.15, 0.2) is 11.5 Å². The number of nitrogens with zero attached hydrogens (tertiary/aromatic N) is 3. The predicted molar refractivity (Wildman–Crippen MR) is 129 cm³/mol. The molecule has 4 aromatic rings. The topological polar surface area (TPSA) is 94.5 Å². The van der Waals surface area contributed by atoms with Gasteiger partial charge in [-0.15, -0.1) is 10.2 Å². The van der Waals surface area contributed by atoms with Crippen molar-refractivity contribution in [2.45, 2.75) is 32.0 Å². The number of ether oxygens (including phenoxy) is 1. The van der Waals surface area contributed by atoms with Gasteiger partial charge in [-0.3, -0.25) is 9.20 Å². The van der Waals surface area contributed by atoms with Crippen molar-refractivity contribution in [2.24, 2.45) is 5.73 Å². The molecule has 2 heterocycles. The fraction of sp³-hybridized carbons (Fsp3) is 0.240. The van der Waals surface area contributed by atoms with Crippen molar-refractivity contribution >= 4 is 23.2 Å². The van der Waals surface area contributed by atoms with E-state index in [0.717, 1.165) is 16.7 Å². The van der Waals surface area contributed by atoms with Gasteiger partial charge in [0.2, 0.25) is 5.91 Å². The second kappa shape index (κ2) is 9.70. The molecular formula is C25H26ClN5O2. The highest BCUT2D eigenvalue weighted by Crippen LogP contribution is 2.28. The van der Waals surface area contributed by atoms with Crippen molar-refractivity contribution in [2.75, 3.05) is 6.61 Å². The minimum absolute atomic E-state index is 0.185. The van der Waals surface area contributed by atoms with E-state index in [1.54, 1.807) is 24.4 Å². The summed E-state index contributed by atoms with van der Waals surface area (Å²) in [5, 5.41) is 12.3. The van der Waals surface area contributed by atoms with Crippen molar-refractivity contribution in [3.05, 3.63) is 89.3 Å². The summed E-state index contributed by atoms with van der Waals surface area (Å²) in [4.78, 5) is 12.7. The average molecular weight is 464 g/mol. The summed E-state index contributed by atoms with van der Waals surface area (Å²) in [6, 6.07) is 20.9. The summed E-state index contributed by atoms with van der Waals surface area (Å²) in [5.74, 6) is 0.188. The van der Waals surface area contributed by atoms with Gasteiger partial charge in [-0.2, -0.15) is 0 Å². The average Bonchev–Trinajstić information content (AvgIpc) is 3.22. The molecule has 170 valence electrons. The number of hydrogen-bond acceptors (Lipinski definition) is 5. The van der Waals surface area contributed by atoms with Crippen molar-refractivity contribution in [3.63, 3.8) is 0 Å². The van der Waals surface area contributed by atoms with Crippen molar-refractivity contribution in [3.8, 4) is 11.1 Å². The Morgan fingerprint density at radius 3 is 2.45 bits per heavy atom. The first kappa shape index (κ1) is 22.9. The molecule has 0 fully saturated rings. The fourth-order valence-corrected chi connectivity index (χ4v) is 3.65. The molecule has 0 aliphatic carbocycles. The van der Waals surface area contributed by atoms with Gasteiger partial charge < -0.3 is 15.8 Å². The van der Waals surface area contributed by atoms with Crippen LogP contribution in [0.1, 0.15) is 31.3 Å². The van der Waals surface area contributed by atoms with Crippen LogP contribution in [-0.2, 0) is 16.1 Å². The van der Waals surface area contributed by atoms with Crippen LogP contribution >= 0.6 is 11.6 Å². The molecule has 0 unspecified atom stereocenters. The Labute approximate surface area is 197 Å². The molecule has 33 heavy (non-hydrogen) atoms.